The topological polar surface area (TPSA) is 83.9 Å². The second kappa shape index (κ2) is 9.02. The van der Waals surface area contributed by atoms with Crippen LogP contribution in [0.5, 0.6) is 0 Å². The molecule has 0 aromatic heterocycles. The van der Waals surface area contributed by atoms with Gasteiger partial charge in [-0.3, -0.25) is 0 Å². The summed E-state index contributed by atoms with van der Waals surface area (Å²) < 4.78 is 33.9. The number of esters is 1. The number of carbonyl (C=O) groups is 1. The van der Waals surface area contributed by atoms with E-state index in [0.717, 1.165) is 11.1 Å². The van der Waals surface area contributed by atoms with Crippen LogP contribution in [0.3, 0.4) is 0 Å². The number of aryl methyl sites for hydroxylation is 1. The summed E-state index contributed by atoms with van der Waals surface area (Å²) >= 11 is 0. The molecule has 0 saturated heterocycles. The number of hydrogen-bond acceptors (Lipinski definition) is 5. The van der Waals surface area contributed by atoms with E-state index in [9.17, 15) is 18.3 Å². The maximum absolute atomic E-state index is 13.8. The van der Waals surface area contributed by atoms with E-state index in [1.807, 2.05) is 44.2 Å². The Bertz CT molecular complexity index is 1030. The highest BCUT2D eigenvalue weighted by Crippen LogP contribution is 2.42. The van der Waals surface area contributed by atoms with Crippen LogP contribution in [0.1, 0.15) is 43.4 Å². The minimum absolute atomic E-state index is 0.000246. The van der Waals surface area contributed by atoms with Gasteiger partial charge in [-0.1, -0.05) is 61.4 Å². The largest absolute Gasteiger partial charge is 0.512 e. The summed E-state index contributed by atoms with van der Waals surface area (Å²) in [4.78, 5) is 12.7. The molecule has 0 aliphatic carbocycles. The zero-order chi connectivity index (χ0) is 21.9. The predicted molar refractivity (Wildman–Crippen MR) is 114 cm³/mol. The first-order valence-corrected chi connectivity index (χ1v) is 11.4. The van der Waals surface area contributed by atoms with Crippen LogP contribution < -0.4 is 0 Å². The fraction of sp³-hybridized carbons (Fsp3) is 0.348. The molecule has 0 unspecified atom stereocenters. The van der Waals surface area contributed by atoms with Gasteiger partial charge < -0.3 is 9.84 Å². The number of benzene rings is 2. The first-order chi connectivity index (χ1) is 14.3. The van der Waals surface area contributed by atoms with Gasteiger partial charge in [-0.05, 0) is 31.0 Å². The third kappa shape index (κ3) is 4.13. The van der Waals surface area contributed by atoms with Gasteiger partial charge >= 0.3 is 5.97 Å². The van der Waals surface area contributed by atoms with Gasteiger partial charge in [0, 0.05) is 6.42 Å². The third-order valence-electron chi connectivity index (χ3n) is 5.39. The van der Waals surface area contributed by atoms with Gasteiger partial charge in [0.15, 0.2) is 0 Å². The molecule has 2 atom stereocenters. The van der Waals surface area contributed by atoms with Crippen molar-refractivity contribution in [2.75, 3.05) is 7.11 Å². The molecule has 1 aliphatic rings. The Balaban J connectivity index is 2.23. The van der Waals surface area contributed by atoms with Gasteiger partial charge in [-0.15, -0.1) is 0 Å². The lowest BCUT2D eigenvalue weighted by molar-refractivity contribution is -0.137. The molecule has 0 spiro atoms. The average Bonchev–Trinajstić information content (AvgIpc) is 2.74. The second-order valence-electron chi connectivity index (χ2n) is 7.44. The Kier molecular flexibility index (Phi) is 6.63. The van der Waals surface area contributed by atoms with E-state index in [-0.39, 0.29) is 22.6 Å². The molecular formula is C23H27NO5S. The molecule has 3 rings (SSSR count). The zero-order valence-corrected chi connectivity index (χ0v) is 18.2. The molecule has 160 valence electrons. The molecule has 30 heavy (non-hydrogen) atoms. The summed E-state index contributed by atoms with van der Waals surface area (Å²) in [6, 6.07) is 14.4. The maximum atomic E-state index is 13.8. The summed E-state index contributed by atoms with van der Waals surface area (Å²) in [6.07, 6.45) is 1.00. The number of carbonyl (C=O) groups excluding carboxylic acids is 1. The van der Waals surface area contributed by atoms with Crippen LogP contribution in [-0.4, -0.2) is 37.0 Å². The van der Waals surface area contributed by atoms with Crippen molar-refractivity contribution in [3.63, 3.8) is 0 Å². The number of rotatable bonds is 6. The Morgan fingerprint density at radius 2 is 1.77 bits per heavy atom. The molecular weight excluding hydrogens is 402 g/mol. The molecule has 6 nitrogen and oxygen atoms in total. The highest BCUT2D eigenvalue weighted by atomic mass is 32.2. The van der Waals surface area contributed by atoms with E-state index >= 15 is 0 Å². The van der Waals surface area contributed by atoms with Gasteiger partial charge in [0.05, 0.1) is 29.7 Å². The van der Waals surface area contributed by atoms with E-state index in [1.54, 1.807) is 24.3 Å². The first-order valence-electron chi connectivity index (χ1n) is 9.96. The van der Waals surface area contributed by atoms with E-state index in [1.165, 1.54) is 11.4 Å². The highest BCUT2D eigenvalue weighted by Gasteiger charge is 2.46. The molecule has 0 saturated carbocycles. The first kappa shape index (κ1) is 22.1. The van der Waals surface area contributed by atoms with Crippen molar-refractivity contribution in [2.24, 2.45) is 0 Å². The summed E-state index contributed by atoms with van der Waals surface area (Å²) in [6.45, 7) is 3.80. The maximum Gasteiger partial charge on any atom is 0.338 e. The van der Waals surface area contributed by atoms with Crippen molar-refractivity contribution >= 4 is 16.0 Å². The van der Waals surface area contributed by atoms with E-state index < -0.39 is 28.1 Å². The summed E-state index contributed by atoms with van der Waals surface area (Å²) in [5.41, 5.74) is 1.72. The summed E-state index contributed by atoms with van der Waals surface area (Å²) in [5.74, 6) is -0.828. The minimum atomic E-state index is -3.97. The lowest BCUT2D eigenvalue weighted by Crippen LogP contribution is -2.48. The number of sulfonamides is 1. The third-order valence-corrected chi connectivity index (χ3v) is 7.33. The van der Waals surface area contributed by atoms with E-state index in [4.69, 9.17) is 4.74 Å². The number of hydrogen-bond donors (Lipinski definition) is 1. The molecule has 1 heterocycles. The summed E-state index contributed by atoms with van der Waals surface area (Å²) in [7, 11) is -2.74. The quantitative estimate of drug-likeness (QED) is 0.693. The fourth-order valence-electron chi connectivity index (χ4n) is 3.94. The molecule has 0 radical (unpaired) electrons. The summed E-state index contributed by atoms with van der Waals surface area (Å²) in [5, 5.41) is 10.7. The molecule has 2 aromatic rings. The molecule has 1 aliphatic heterocycles. The fourth-order valence-corrected chi connectivity index (χ4v) is 5.74. The van der Waals surface area contributed by atoms with Crippen molar-refractivity contribution in [3.05, 3.63) is 77.1 Å². The van der Waals surface area contributed by atoms with E-state index in [0.29, 0.717) is 12.8 Å². The van der Waals surface area contributed by atoms with Crippen LogP contribution in [-0.2, 0) is 19.6 Å². The van der Waals surface area contributed by atoms with E-state index in [2.05, 4.69) is 0 Å². The molecule has 1 N–H and O–H groups in total. The molecule has 2 aromatic carbocycles. The minimum Gasteiger partial charge on any atom is -0.512 e. The second-order valence-corrected chi connectivity index (χ2v) is 9.28. The van der Waals surface area contributed by atoms with Crippen LogP contribution in [0, 0.1) is 6.92 Å². The Morgan fingerprint density at radius 3 is 2.33 bits per heavy atom. The SMILES string of the molecule is CCC[C@H]1C(C(=O)OC)=C(O)C[C@H](c2ccccc2)N1S(=O)(=O)c1ccc(C)cc1. The van der Waals surface area contributed by atoms with Crippen molar-refractivity contribution in [1.29, 1.82) is 0 Å². The number of ether oxygens (including phenoxy) is 1. The standard InChI is InChI=1S/C23H27NO5S/c1-4-8-19-22(23(26)29-3)21(25)15-20(17-9-6-5-7-10-17)24(19)30(27,28)18-13-11-16(2)12-14-18/h5-7,9-14,19-20,25H,4,8,15H2,1-3H3/t19-,20+/m0/s1. The van der Waals surface area contributed by atoms with Crippen LogP contribution in [0.2, 0.25) is 0 Å². The van der Waals surface area contributed by atoms with Crippen molar-refractivity contribution in [1.82, 2.24) is 4.31 Å². The molecule has 7 heteroatoms. The van der Waals surface area contributed by atoms with Gasteiger partial charge in [-0.25, -0.2) is 13.2 Å². The van der Waals surface area contributed by atoms with Gasteiger partial charge in [0.2, 0.25) is 10.0 Å². The molecule has 0 bridgehead atoms. The molecule has 0 fully saturated rings. The molecule has 0 amide bonds. The van der Waals surface area contributed by atoms with Crippen molar-refractivity contribution in [3.8, 4) is 0 Å². The predicted octanol–water partition coefficient (Wildman–Crippen LogP) is 4.28. The average molecular weight is 430 g/mol. The Hall–Kier alpha value is -2.64. The number of aliphatic hydroxyl groups excluding tert-OH is 1. The zero-order valence-electron chi connectivity index (χ0n) is 17.4. The van der Waals surface area contributed by atoms with Crippen molar-refractivity contribution in [2.45, 2.75) is 50.1 Å². The van der Waals surface area contributed by atoms with Gasteiger partial charge in [-0.2, -0.15) is 4.31 Å². The number of methoxy groups -OCH3 is 1. The number of nitrogens with zero attached hydrogens (tertiary/aromatic N) is 1. The monoisotopic (exact) mass is 429 g/mol. The normalized spacial score (nSPS) is 20.2. The highest BCUT2D eigenvalue weighted by molar-refractivity contribution is 7.89. The van der Waals surface area contributed by atoms with Gasteiger partial charge in [0.25, 0.3) is 0 Å². The lowest BCUT2D eigenvalue weighted by Gasteiger charge is -2.41. The van der Waals surface area contributed by atoms with Crippen LogP contribution in [0.25, 0.3) is 0 Å². The van der Waals surface area contributed by atoms with Crippen LogP contribution in [0.4, 0.5) is 0 Å². The number of aliphatic hydroxyl groups is 1. The van der Waals surface area contributed by atoms with Crippen LogP contribution in [0.15, 0.2) is 70.8 Å². The Morgan fingerprint density at radius 1 is 1.13 bits per heavy atom. The van der Waals surface area contributed by atoms with Crippen LogP contribution >= 0.6 is 0 Å². The lowest BCUT2D eigenvalue weighted by atomic mass is 9.89. The Labute approximate surface area is 177 Å². The smallest absolute Gasteiger partial charge is 0.338 e. The van der Waals surface area contributed by atoms with Crippen molar-refractivity contribution < 1.29 is 23.1 Å². The van der Waals surface area contributed by atoms with Gasteiger partial charge in [0.1, 0.15) is 5.76 Å².